The van der Waals surface area contributed by atoms with E-state index >= 15 is 0 Å². The van der Waals surface area contributed by atoms with Crippen LogP contribution in [0, 0.1) is 0 Å². The molecule has 0 radical (unpaired) electrons. The lowest BCUT2D eigenvalue weighted by molar-refractivity contribution is -0.137. The summed E-state index contributed by atoms with van der Waals surface area (Å²) < 4.78 is 39.3. The number of nitrogens with two attached hydrogens (primary N) is 1. The third-order valence-corrected chi connectivity index (χ3v) is 3.77. The van der Waals surface area contributed by atoms with Crippen molar-refractivity contribution in [1.29, 1.82) is 0 Å². The van der Waals surface area contributed by atoms with Gasteiger partial charge >= 0.3 is 6.18 Å². The van der Waals surface area contributed by atoms with Crippen LogP contribution in [0.25, 0.3) is 0 Å². The molecule has 2 nitrogen and oxygen atoms in total. The molecular weight excluding hydrogens is 285 g/mol. The first kappa shape index (κ1) is 15.1. The molecular formula is C14H17F3N2S. The van der Waals surface area contributed by atoms with Gasteiger partial charge in [-0.05, 0) is 31.0 Å². The normalized spacial score (nSPS) is 16.9. The fourth-order valence-electron chi connectivity index (χ4n) is 2.51. The van der Waals surface area contributed by atoms with Crippen molar-refractivity contribution < 1.29 is 13.2 Å². The summed E-state index contributed by atoms with van der Waals surface area (Å²) in [5, 5.41) is 0. The average molecular weight is 302 g/mol. The van der Waals surface area contributed by atoms with Gasteiger partial charge in [-0.25, -0.2) is 0 Å². The Morgan fingerprint density at radius 1 is 1.10 bits per heavy atom. The fraction of sp³-hybridized carbons (Fsp3) is 0.500. The van der Waals surface area contributed by atoms with Crippen molar-refractivity contribution >= 4 is 22.9 Å². The first-order valence-corrected chi connectivity index (χ1v) is 7.06. The number of halogens is 3. The molecule has 2 rings (SSSR count). The Balaban J connectivity index is 2.38. The first-order valence-electron chi connectivity index (χ1n) is 6.65. The Bertz CT molecular complexity index is 492. The number of benzene rings is 1. The van der Waals surface area contributed by atoms with Gasteiger partial charge in [0.1, 0.15) is 4.99 Å². The molecule has 0 aliphatic carbocycles. The van der Waals surface area contributed by atoms with Crippen LogP contribution in [0.4, 0.5) is 18.9 Å². The maximum atomic E-state index is 13.1. The summed E-state index contributed by atoms with van der Waals surface area (Å²) in [4.78, 5) is 1.78. The highest BCUT2D eigenvalue weighted by molar-refractivity contribution is 7.80. The Morgan fingerprint density at radius 2 is 1.70 bits per heavy atom. The van der Waals surface area contributed by atoms with Crippen molar-refractivity contribution in [2.24, 2.45) is 5.73 Å². The van der Waals surface area contributed by atoms with Gasteiger partial charge in [0.15, 0.2) is 0 Å². The standard InChI is InChI=1S/C14H17F3N2S/c15-14(16,17)12-9-10(5-6-11(12)13(18)20)19-7-3-1-2-4-8-19/h5-6,9H,1-4,7-8H2,(H2,18,20). The van der Waals surface area contributed by atoms with Gasteiger partial charge < -0.3 is 10.6 Å². The van der Waals surface area contributed by atoms with E-state index < -0.39 is 11.7 Å². The molecule has 1 aliphatic rings. The highest BCUT2D eigenvalue weighted by Gasteiger charge is 2.34. The molecule has 1 heterocycles. The van der Waals surface area contributed by atoms with Gasteiger partial charge in [-0.1, -0.05) is 25.1 Å². The van der Waals surface area contributed by atoms with Crippen LogP contribution < -0.4 is 10.6 Å². The predicted octanol–water partition coefficient (Wildman–Crippen LogP) is 3.72. The van der Waals surface area contributed by atoms with Gasteiger partial charge in [0.05, 0.1) is 5.56 Å². The van der Waals surface area contributed by atoms with Crippen LogP contribution in [-0.4, -0.2) is 18.1 Å². The maximum absolute atomic E-state index is 13.1. The van der Waals surface area contributed by atoms with Gasteiger partial charge in [-0.2, -0.15) is 13.2 Å². The van der Waals surface area contributed by atoms with Crippen molar-refractivity contribution in [2.45, 2.75) is 31.9 Å². The zero-order valence-corrected chi connectivity index (χ0v) is 11.9. The smallest absolute Gasteiger partial charge is 0.389 e. The van der Waals surface area contributed by atoms with Crippen molar-refractivity contribution in [3.8, 4) is 0 Å². The van der Waals surface area contributed by atoms with Gasteiger partial charge in [0, 0.05) is 24.3 Å². The molecule has 0 amide bonds. The van der Waals surface area contributed by atoms with Crippen molar-refractivity contribution in [3.05, 3.63) is 29.3 Å². The molecule has 0 bridgehead atoms. The molecule has 1 fully saturated rings. The van der Waals surface area contributed by atoms with Crippen LogP contribution in [0.3, 0.4) is 0 Å². The van der Waals surface area contributed by atoms with E-state index in [2.05, 4.69) is 0 Å². The minimum absolute atomic E-state index is 0.105. The number of hydrogen-bond acceptors (Lipinski definition) is 2. The SMILES string of the molecule is NC(=S)c1ccc(N2CCCCCC2)cc1C(F)(F)F. The summed E-state index contributed by atoms with van der Waals surface area (Å²) in [7, 11) is 0. The molecule has 6 heteroatoms. The van der Waals surface area contributed by atoms with Crippen LogP contribution in [-0.2, 0) is 6.18 Å². The summed E-state index contributed by atoms with van der Waals surface area (Å²) in [5.41, 5.74) is 5.13. The number of nitrogens with zero attached hydrogens (tertiary/aromatic N) is 1. The highest BCUT2D eigenvalue weighted by atomic mass is 32.1. The topological polar surface area (TPSA) is 29.3 Å². The predicted molar refractivity (Wildman–Crippen MR) is 78.0 cm³/mol. The van der Waals surface area contributed by atoms with Crippen LogP contribution in [0.2, 0.25) is 0 Å². The van der Waals surface area contributed by atoms with E-state index in [-0.39, 0.29) is 10.6 Å². The first-order chi connectivity index (χ1) is 9.39. The Morgan fingerprint density at radius 3 is 2.20 bits per heavy atom. The summed E-state index contributed by atoms with van der Waals surface area (Å²) in [6.07, 6.45) is -0.154. The molecule has 0 spiro atoms. The fourth-order valence-corrected chi connectivity index (χ4v) is 2.69. The Kier molecular flexibility index (Phi) is 4.52. The molecule has 0 saturated carbocycles. The summed E-state index contributed by atoms with van der Waals surface area (Å²) >= 11 is 4.70. The number of alkyl halides is 3. The van der Waals surface area contributed by atoms with Crippen molar-refractivity contribution in [1.82, 2.24) is 0 Å². The van der Waals surface area contributed by atoms with Crippen LogP contribution in [0.5, 0.6) is 0 Å². The van der Waals surface area contributed by atoms with Gasteiger partial charge in [0.2, 0.25) is 0 Å². The van der Waals surface area contributed by atoms with Crippen molar-refractivity contribution in [3.63, 3.8) is 0 Å². The van der Waals surface area contributed by atoms with Crippen LogP contribution in [0.15, 0.2) is 18.2 Å². The number of thiocarbonyl (C=S) groups is 1. The van der Waals surface area contributed by atoms with E-state index in [9.17, 15) is 13.2 Å². The number of anilines is 1. The van der Waals surface area contributed by atoms with Crippen molar-refractivity contribution in [2.75, 3.05) is 18.0 Å². The maximum Gasteiger partial charge on any atom is 0.417 e. The molecule has 1 saturated heterocycles. The summed E-state index contributed by atoms with van der Waals surface area (Å²) in [6.45, 7) is 1.59. The number of hydrogen-bond donors (Lipinski definition) is 1. The molecule has 1 aromatic rings. The minimum Gasteiger partial charge on any atom is -0.389 e. The van der Waals surface area contributed by atoms with E-state index in [1.807, 2.05) is 4.90 Å². The molecule has 2 N–H and O–H groups in total. The molecule has 0 atom stereocenters. The average Bonchev–Trinajstić information content (AvgIpc) is 2.65. The Labute approximate surface area is 121 Å². The monoisotopic (exact) mass is 302 g/mol. The zero-order valence-electron chi connectivity index (χ0n) is 11.0. The van der Waals surface area contributed by atoms with Gasteiger partial charge in [-0.15, -0.1) is 0 Å². The van der Waals surface area contributed by atoms with Crippen LogP contribution in [0.1, 0.15) is 36.8 Å². The van der Waals surface area contributed by atoms with E-state index in [1.165, 1.54) is 12.1 Å². The molecule has 110 valence electrons. The third-order valence-electron chi connectivity index (χ3n) is 3.55. The third kappa shape index (κ3) is 3.42. The summed E-state index contributed by atoms with van der Waals surface area (Å²) in [5.74, 6) is 0. The number of rotatable bonds is 2. The Hall–Kier alpha value is -1.30. The lowest BCUT2D eigenvalue weighted by Gasteiger charge is -2.24. The van der Waals surface area contributed by atoms with Gasteiger partial charge in [-0.3, -0.25) is 0 Å². The molecule has 20 heavy (non-hydrogen) atoms. The van der Waals surface area contributed by atoms with E-state index in [0.29, 0.717) is 5.69 Å². The van der Waals surface area contributed by atoms with Gasteiger partial charge in [0.25, 0.3) is 0 Å². The lowest BCUT2D eigenvalue weighted by atomic mass is 10.1. The zero-order chi connectivity index (χ0) is 14.8. The van der Waals surface area contributed by atoms with E-state index in [0.717, 1.165) is 38.8 Å². The summed E-state index contributed by atoms with van der Waals surface area (Å²) in [6, 6.07) is 4.22. The van der Waals surface area contributed by atoms with E-state index in [4.69, 9.17) is 18.0 Å². The quantitative estimate of drug-likeness (QED) is 0.844. The highest BCUT2D eigenvalue weighted by Crippen LogP contribution is 2.35. The lowest BCUT2D eigenvalue weighted by Crippen LogP contribution is -2.25. The second-order valence-corrected chi connectivity index (χ2v) is 5.43. The second kappa shape index (κ2) is 5.99. The molecule has 0 aromatic heterocycles. The van der Waals surface area contributed by atoms with Crippen LogP contribution >= 0.6 is 12.2 Å². The minimum atomic E-state index is -4.44. The largest absolute Gasteiger partial charge is 0.417 e. The second-order valence-electron chi connectivity index (χ2n) is 4.99. The van der Waals surface area contributed by atoms with E-state index in [1.54, 1.807) is 6.07 Å². The molecule has 1 aliphatic heterocycles. The molecule has 0 unspecified atom stereocenters. The molecule has 1 aromatic carbocycles.